The van der Waals surface area contributed by atoms with Gasteiger partial charge in [-0.3, -0.25) is 0 Å². The minimum Gasteiger partial charge on any atom is -0.483 e. The molecule has 3 heterocycles. The predicted molar refractivity (Wildman–Crippen MR) is 88.6 cm³/mol. The third kappa shape index (κ3) is 3.50. The number of aromatic amines is 1. The number of hydrogen-bond acceptors (Lipinski definition) is 5. The van der Waals surface area contributed by atoms with Gasteiger partial charge in [-0.15, -0.1) is 0 Å². The summed E-state index contributed by atoms with van der Waals surface area (Å²) in [5, 5.41) is 4.17. The van der Waals surface area contributed by atoms with Crippen LogP contribution in [-0.4, -0.2) is 36.1 Å². The van der Waals surface area contributed by atoms with E-state index in [9.17, 15) is 8.78 Å². The maximum atomic E-state index is 12.7. The Kier molecular flexibility index (Phi) is 4.50. The first-order chi connectivity index (χ1) is 12.6. The van der Waals surface area contributed by atoms with Gasteiger partial charge in [-0.1, -0.05) is 5.16 Å². The van der Waals surface area contributed by atoms with Crippen LogP contribution in [0.2, 0.25) is 0 Å². The zero-order valence-corrected chi connectivity index (χ0v) is 13.9. The van der Waals surface area contributed by atoms with Crippen LogP contribution in [0.3, 0.4) is 0 Å². The van der Waals surface area contributed by atoms with Crippen molar-refractivity contribution in [3.63, 3.8) is 0 Å². The topological polar surface area (TPSA) is 65.1 Å². The summed E-state index contributed by atoms with van der Waals surface area (Å²) in [7, 11) is 0. The Hall–Kier alpha value is -2.61. The van der Waals surface area contributed by atoms with Gasteiger partial charge in [0.15, 0.2) is 17.1 Å². The van der Waals surface area contributed by atoms with Crippen LogP contribution in [0, 0.1) is 0 Å². The van der Waals surface area contributed by atoms with E-state index in [0.29, 0.717) is 19.6 Å². The van der Waals surface area contributed by atoms with E-state index in [2.05, 4.69) is 14.9 Å². The molecule has 6 nitrogen and oxygen atoms in total. The van der Waals surface area contributed by atoms with E-state index >= 15 is 0 Å². The number of nitrogens with zero attached hydrogens (tertiary/aromatic N) is 1. The lowest BCUT2D eigenvalue weighted by molar-refractivity contribution is -0.0516. The van der Waals surface area contributed by atoms with Gasteiger partial charge in [0.2, 0.25) is 0 Å². The summed E-state index contributed by atoms with van der Waals surface area (Å²) in [5.74, 6) is 0.206. The fourth-order valence-corrected chi connectivity index (χ4v) is 3.08. The van der Waals surface area contributed by atoms with Gasteiger partial charge in [0, 0.05) is 24.6 Å². The quantitative estimate of drug-likeness (QED) is 0.852. The standard InChI is InChI=1S/C18H18F2N2O4/c19-17(20)25-15-4-3-12(8-16(15)24-10-13-2-1-6-21-13)14-9-18(26-22-14)5-7-23-11-18/h1-4,6,8,17,21H,5,7,9-11H2. The number of benzene rings is 1. The lowest BCUT2D eigenvalue weighted by Gasteiger charge is -2.17. The molecule has 1 unspecified atom stereocenters. The number of alkyl halides is 2. The Balaban J connectivity index is 1.55. The van der Waals surface area contributed by atoms with Crippen molar-refractivity contribution in [2.45, 2.75) is 31.7 Å². The van der Waals surface area contributed by atoms with Crippen molar-refractivity contribution in [1.82, 2.24) is 4.98 Å². The number of nitrogens with one attached hydrogen (secondary N) is 1. The molecule has 1 fully saturated rings. The van der Waals surface area contributed by atoms with E-state index in [1.807, 2.05) is 12.1 Å². The molecule has 2 aliphatic heterocycles. The molecule has 0 aliphatic carbocycles. The van der Waals surface area contributed by atoms with Crippen molar-refractivity contribution >= 4 is 5.71 Å². The van der Waals surface area contributed by atoms with E-state index < -0.39 is 12.2 Å². The van der Waals surface area contributed by atoms with Gasteiger partial charge < -0.3 is 24.0 Å². The zero-order chi connectivity index (χ0) is 18.0. The first-order valence-electron chi connectivity index (χ1n) is 8.31. The van der Waals surface area contributed by atoms with Crippen molar-refractivity contribution in [2.24, 2.45) is 5.16 Å². The Bertz CT molecular complexity index is 786. The van der Waals surface area contributed by atoms with Gasteiger partial charge in [0.05, 0.1) is 24.6 Å². The Morgan fingerprint density at radius 3 is 2.92 bits per heavy atom. The summed E-state index contributed by atoms with van der Waals surface area (Å²) in [6.45, 7) is -1.58. The monoisotopic (exact) mass is 364 g/mol. The van der Waals surface area contributed by atoms with Crippen LogP contribution in [0.1, 0.15) is 24.1 Å². The van der Waals surface area contributed by atoms with Crippen LogP contribution >= 0.6 is 0 Å². The number of halogens is 2. The van der Waals surface area contributed by atoms with Gasteiger partial charge in [-0.05, 0) is 30.3 Å². The van der Waals surface area contributed by atoms with Crippen molar-refractivity contribution in [3.05, 3.63) is 47.8 Å². The molecule has 1 atom stereocenters. The first-order valence-corrected chi connectivity index (χ1v) is 8.31. The molecule has 8 heteroatoms. The molecule has 0 bridgehead atoms. The molecule has 0 amide bonds. The third-order valence-corrected chi connectivity index (χ3v) is 4.44. The summed E-state index contributed by atoms with van der Waals surface area (Å²) in [6, 6.07) is 8.47. The highest BCUT2D eigenvalue weighted by Crippen LogP contribution is 2.36. The predicted octanol–water partition coefficient (Wildman–Crippen LogP) is 3.48. The molecule has 4 rings (SSSR count). The van der Waals surface area contributed by atoms with Gasteiger partial charge >= 0.3 is 6.61 Å². The Morgan fingerprint density at radius 2 is 2.19 bits per heavy atom. The van der Waals surface area contributed by atoms with Crippen molar-refractivity contribution in [2.75, 3.05) is 13.2 Å². The molecule has 1 aromatic heterocycles. The molecule has 1 spiro atoms. The number of hydrogen-bond donors (Lipinski definition) is 1. The van der Waals surface area contributed by atoms with Crippen LogP contribution in [0.4, 0.5) is 8.78 Å². The van der Waals surface area contributed by atoms with Gasteiger partial charge in [-0.25, -0.2) is 0 Å². The lowest BCUT2D eigenvalue weighted by Crippen LogP contribution is -2.29. The molecular formula is C18H18F2N2O4. The fraction of sp³-hybridized carbons (Fsp3) is 0.389. The molecule has 1 saturated heterocycles. The van der Waals surface area contributed by atoms with Crippen molar-refractivity contribution in [1.29, 1.82) is 0 Å². The lowest BCUT2D eigenvalue weighted by atomic mass is 9.93. The maximum absolute atomic E-state index is 12.7. The van der Waals surface area contributed by atoms with E-state index in [0.717, 1.165) is 23.4 Å². The van der Waals surface area contributed by atoms with Crippen LogP contribution in [0.25, 0.3) is 0 Å². The fourth-order valence-electron chi connectivity index (χ4n) is 3.08. The van der Waals surface area contributed by atoms with E-state index in [-0.39, 0.29) is 18.1 Å². The highest BCUT2D eigenvalue weighted by Gasteiger charge is 2.43. The zero-order valence-electron chi connectivity index (χ0n) is 13.9. The minimum absolute atomic E-state index is 0.0197. The largest absolute Gasteiger partial charge is 0.483 e. The molecule has 0 radical (unpaired) electrons. The average molecular weight is 364 g/mol. The van der Waals surface area contributed by atoms with E-state index in [4.69, 9.17) is 14.3 Å². The number of rotatable bonds is 6. The second-order valence-electron chi connectivity index (χ2n) is 6.32. The van der Waals surface area contributed by atoms with Crippen LogP contribution in [0.5, 0.6) is 11.5 Å². The van der Waals surface area contributed by atoms with Crippen molar-refractivity contribution in [3.8, 4) is 11.5 Å². The third-order valence-electron chi connectivity index (χ3n) is 4.44. The van der Waals surface area contributed by atoms with E-state index in [1.54, 1.807) is 18.3 Å². The molecule has 2 aliphatic rings. The van der Waals surface area contributed by atoms with Gasteiger partial charge in [-0.2, -0.15) is 8.78 Å². The number of ether oxygens (including phenoxy) is 3. The average Bonchev–Trinajstić information content (AvgIpc) is 3.37. The summed E-state index contributed by atoms with van der Waals surface area (Å²) < 4.78 is 41.0. The highest BCUT2D eigenvalue weighted by molar-refractivity contribution is 6.02. The molecule has 26 heavy (non-hydrogen) atoms. The first kappa shape index (κ1) is 16.8. The smallest absolute Gasteiger partial charge is 0.387 e. The van der Waals surface area contributed by atoms with Crippen LogP contribution < -0.4 is 9.47 Å². The number of aromatic nitrogens is 1. The second-order valence-corrected chi connectivity index (χ2v) is 6.32. The molecule has 2 aromatic rings. The summed E-state index contributed by atoms with van der Waals surface area (Å²) in [4.78, 5) is 8.59. The molecule has 138 valence electrons. The number of oxime groups is 1. The van der Waals surface area contributed by atoms with Crippen molar-refractivity contribution < 1.29 is 27.8 Å². The molecular weight excluding hydrogens is 346 g/mol. The summed E-state index contributed by atoms with van der Waals surface area (Å²) >= 11 is 0. The van der Waals surface area contributed by atoms with Gasteiger partial charge in [0.25, 0.3) is 0 Å². The minimum atomic E-state index is -2.93. The number of H-pyrrole nitrogens is 1. The van der Waals surface area contributed by atoms with E-state index in [1.165, 1.54) is 6.07 Å². The summed E-state index contributed by atoms with van der Waals surface area (Å²) in [5.41, 5.74) is 1.90. The van der Waals surface area contributed by atoms with Crippen LogP contribution in [0.15, 0.2) is 41.7 Å². The molecule has 0 saturated carbocycles. The second kappa shape index (κ2) is 6.95. The molecule has 1 N–H and O–H groups in total. The van der Waals surface area contributed by atoms with Gasteiger partial charge in [0.1, 0.15) is 6.61 Å². The SMILES string of the molecule is FC(F)Oc1ccc(C2=NOC3(CCOC3)C2)cc1OCc1ccc[nH]1. The Morgan fingerprint density at radius 1 is 1.27 bits per heavy atom. The highest BCUT2D eigenvalue weighted by atomic mass is 19.3. The Labute approximate surface area is 148 Å². The molecule has 1 aromatic carbocycles. The summed E-state index contributed by atoms with van der Waals surface area (Å²) in [6.07, 6.45) is 3.15. The maximum Gasteiger partial charge on any atom is 0.387 e. The van der Waals surface area contributed by atoms with Crippen LogP contribution in [-0.2, 0) is 16.2 Å². The normalized spacial score (nSPS) is 21.9.